The van der Waals surface area contributed by atoms with Crippen LogP contribution in [0.4, 0.5) is 4.39 Å². The highest BCUT2D eigenvalue weighted by Crippen LogP contribution is 2.13. The Kier molecular flexibility index (Phi) is 5.07. The third-order valence-electron chi connectivity index (χ3n) is 4.09. The van der Waals surface area contributed by atoms with Crippen molar-refractivity contribution < 1.29 is 14.0 Å². The zero-order valence-electron chi connectivity index (χ0n) is 12.4. The molecule has 1 aromatic carbocycles. The first kappa shape index (κ1) is 15.6. The lowest BCUT2D eigenvalue weighted by Gasteiger charge is -2.38. The van der Waals surface area contributed by atoms with Crippen molar-refractivity contribution in [3.05, 3.63) is 35.6 Å². The molecule has 4 nitrogen and oxygen atoms in total. The van der Waals surface area contributed by atoms with Crippen LogP contribution in [0.5, 0.6) is 0 Å². The molecule has 5 heteroatoms. The smallest absolute Gasteiger partial charge is 0.223 e. The van der Waals surface area contributed by atoms with Gasteiger partial charge < -0.3 is 10.2 Å². The minimum atomic E-state index is -0.369. The summed E-state index contributed by atoms with van der Waals surface area (Å²) in [5.74, 6) is -0.489. The summed E-state index contributed by atoms with van der Waals surface area (Å²) in [7, 11) is 0. The number of carbonyl (C=O) groups is 2. The topological polar surface area (TPSA) is 49.4 Å². The van der Waals surface area contributed by atoms with Crippen LogP contribution in [0.3, 0.4) is 0 Å². The Labute approximate surface area is 124 Å². The molecule has 0 radical (unpaired) electrons. The molecule has 21 heavy (non-hydrogen) atoms. The minimum Gasteiger partial charge on any atom is -0.337 e. The van der Waals surface area contributed by atoms with E-state index in [-0.39, 0.29) is 42.4 Å². The summed E-state index contributed by atoms with van der Waals surface area (Å²) in [6.45, 7) is 5.52. The maximum Gasteiger partial charge on any atom is 0.223 e. The van der Waals surface area contributed by atoms with Crippen molar-refractivity contribution in [2.75, 3.05) is 13.1 Å². The summed E-state index contributed by atoms with van der Waals surface area (Å²) in [6.07, 6.45) is 0.364. The number of ketones is 1. The summed E-state index contributed by atoms with van der Waals surface area (Å²) in [4.78, 5) is 26.0. The summed E-state index contributed by atoms with van der Waals surface area (Å²) in [6, 6.07) is 5.82. The van der Waals surface area contributed by atoms with Crippen LogP contribution in [0, 0.1) is 5.82 Å². The maximum absolute atomic E-state index is 12.8. The molecule has 2 rings (SSSR count). The van der Waals surface area contributed by atoms with E-state index in [9.17, 15) is 14.0 Å². The van der Waals surface area contributed by atoms with E-state index in [1.165, 1.54) is 24.3 Å². The second-order valence-electron chi connectivity index (χ2n) is 5.50. The molecule has 1 aliphatic rings. The largest absolute Gasteiger partial charge is 0.337 e. The van der Waals surface area contributed by atoms with E-state index in [0.29, 0.717) is 12.1 Å². The normalized spacial score (nSPS) is 22.1. The number of amides is 1. The molecular weight excluding hydrogens is 271 g/mol. The molecule has 1 saturated heterocycles. The van der Waals surface area contributed by atoms with Crippen LogP contribution in [0.15, 0.2) is 24.3 Å². The molecule has 0 spiro atoms. The van der Waals surface area contributed by atoms with Crippen molar-refractivity contribution in [1.29, 1.82) is 0 Å². The highest BCUT2D eigenvalue weighted by Gasteiger charge is 2.27. The van der Waals surface area contributed by atoms with E-state index in [0.717, 1.165) is 6.54 Å². The average Bonchev–Trinajstić information content (AvgIpc) is 2.48. The van der Waals surface area contributed by atoms with Gasteiger partial charge in [-0.1, -0.05) is 0 Å². The summed E-state index contributed by atoms with van der Waals surface area (Å²) < 4.78 is 12.8. The van der Waals surface area contributed by atoms with Crippen molar-refractivity contribution >= 4 is 11.7 Å². The van der Waals surface area contributed by atoms with Crippen LogP contribution in [0.25, 0.3) is 0 Å². The monoisotopic (exact) mass is 292 g/mol. The molecule has 1 aromatic rings. The number of benzene rings is 1. The molecular formula is C16H21FN2O2. The molecule has 2 atom stereocenters. The van der Waals surface area contributed by atoms with Crippen molar-refractivity contribution in [3.63, 3.8) is 0 Å². The van der Waals surface area contributed by atoms with Gasteiger partial charge in [0.15, 0.2) is 5.78 Å². The Balaban J connectivity index is 1.88. The first-order valence-corrected chi connectivity index (χ1v) is 7.30. The SMILES string of the molecule is CC1NCCN(C(=O)CCC(=O)c2ccc(F)cc2)C1C. The highest BCUT2D eigenvalue weighted by molar-refractivity contribution is 5.97. The first-order valence-electron chi connectivity index (χ1n) is 7.30. The van der Waals surface area contributed by atoms with Gasteiger partial charge in [-0.3, -0.25) is 9.59 Å². The lowest BCUT2D eigenvalue weighted by molar-refractivity contribution is -0.134. The average molecular weight is 292 g/mol. The van der Waals surface area contributed by atoms with Crippen LogP contribution in [0.1, 0.15) is 37.0 Å². The van der Waals surface area contributed by atoms with Gasteiger partial charge in [-0.2, -0.15) is 0 Å². The number of nitrogens with zero attached hydrogens (tertiary/aromatic N) is 1. The Bertz CT molecular complexity index is 516. The van der Waals surface area contributed by atoms with Crippen molar-refractivity contribution in [2.45, 2.75) is 38.8 Å². The lowest BCUT2D eigenvalue weighted by atomic mass is 10.0. The zero-order valence-corrected chi connectivity index (χ0v) is 12.4. The second-order valence-corrected chi connectivity index (χ2v) is 5.50. The molecule has 0 saturated carbocycles. The minimum absolute atomic E-state index is 0.00584. The molecule has 1 heterocycles. The fourth-order valence-corrected chi connectivity index (χ4v) is 2.55. The molecule has 0 aliphatic carbocycles. The lowest BCUT2D eigenvalue weighted by Crippen LogP contribution is -2.57. The summed E-state index contributed by atoms with van der Waals surface area (Å²) >= 11 is 0. The van der Waals surface area contributed by atoms with Gasteiger partial charge >= 0.3 is 0 Å². The Morgan fingerprint density at radius 2 is 1.90 bits per heavy atom. The second kappa shape index (κ2) is 6.80. The van der Waals surface area contributed by atoms with E-state index in [1.54, 1.807) is 0 Å². The van der Waals surface area contributed by atoms with Crippen LogP contribution in [-0.2, 0) is 4.79 Å². The maximum atomic E-state index is 12.8. The van der Waals surface area contributed by atoms with Crippen LogP contribution in [0.2, 0.25) is 0 Å². The molecule has 0 aromatic heterocycles. The predicted octanol–water partition coefficient (Wildman–Crippen LogP) is 2.00. The van der Waals surface area contributed by atoms with Crippen molar-refractivity contribution in [1.82, 2.24) is 10.2 Å². The van der Waals surface area contributed by atoms with Gasteiger partial charge in [0.2, 0.25) is 5.91 Å². The first-order chi connectivity index (χ1) is 9.99. The molecule has 2 unspecified atom stereocenters. The van der Waals surface area contributed by atoms with Gasteiger partial charge in [-0.15, -0.1) is 0 Å². The highest BCUT2D eigenvalue weighted by atomic mass is 19.1. The zero-order chi connectivity index (χ0) is 15.4. The van der Waals surface area contributed by atoms with Crippen LogP contribution >= 0.6 is 0 Å². The third-order valence-corrected chi connectivity index (χ3v) is 4.09. The number of carbonyl (C=O) groups excluding carboxylic acids is 2. The van der Waals surface area contributed by atoms with Gasteiger partial charge in [-0.05, 0) is 38.1 Å². The molecule has 1 N–H and O–H groups in total. The fraction of sp³-hybridized carbons (Fsp3) is 0.500. The number of hydrogen-bond acceptors (Lipinski definition) is 3. The Morgan fingerprint density at radius 3 is 2.57 bits per heavy atom. The van der Waals surface area contributed by atoms with Crippen LogP contribution < -0.4 is 5.32 Å². The van der Waals surface area contributed by atoms with Gasteiger partial charge in [0.1, 0.15) is 5.82 Å². The van der Waals surface area contributed by atoms with Crippen LogP contribution in [-0.4, -0.2) is 41.8 Å². The molecule has 0 bridgehead atoms. The van der Waals surface area contributed by atoms with E-state index in [4.69, 9.17) is 0 Å². The molecule has 114 valence electrons. The summed E-state index contributed by atoms with van der Waals surface area (Å²) in [5, 5.41) is 3.32. The van der Waals surface area contributed by atoms with E-state index in [2.05, 4.69) is 5.32 Å². The van der Waals surface area contributed by atoms with Gasteiger partial charge in [0, 0.05) is 43.6 Å². The van der Waals surface area contributed by atoms with Crippen molar-refractivity contribution in [3.8, 4) is 0 Å². The standard InChI is InChI=1S/C16H21FN2O2/c1-11-12(2)19(10-9-18-11)16(21)8-7-15(20)13-3-5-14(17)6-4-13/h3-6,11-12,18H,7-10H2,1-2H3. The van der Waals surface area contributed by atoms with E-state index in [1.807, 2.05) is 18.7 Å². The molecule has 1 fully saturated rings. The third kappa shape index (κ3) is 3.88. The fourth-order valence-electron chi connectivity index (χ4n) is 2.55. The van der Waals surface area contributed by atoms with E-state index < -0.39 is 0 Å². The number of halogens is 1. The van der Waals surface area contributed by atoms with Gasteiger partial charge in [0.05, 0.1) is 0 Å². The number of rotatable bonds is 4. The number of piperazine rings is 1. The number of Topliss-reactive ketones (excluding diaryl/α,β-unsaturated/α-hetero) is 1. The van der Waals surface area contributed by atoms with Crippen molar-refractivity contribution in [2.24, 2.45) is 0 Å². The molecule has 1 aliphatic heterocycles. The van der Waals surface area contributed by atoms with E-state index >= 15 is 0 Å². The Hall–Kier alpha value is -1.75. The number of hydrogen-bond donors (Lipinski definition) is 1. The predicted molar refractivity (Wildman–Crippen MR) is 78.6 cm³/mol. The van der Waals surface area contributed by atoms with Gasteiger partial charge in [-0.25, -0.2) is 4.39 Å². The summed E-state index contributed by atoms with van der Waals surface area (Å²) in [5.41, 5.74) is 0.450. The quantitative estimate of drug-likeness (QED) is 0.864. The van der Waals surface area contributed by atoms with Gasteiger partial charge in [0.25, 0.3) is 0 Å². The molecule has 1 amide bonds. The number of nitrogens with one attached hydrogen (secondary N) is 1. The Morgan fingerprint density at radius 1 is 1.24 bits per heavy atom.